The van der Waals surface area contributed by atoms with Crippen molar-refractivity contribution in [1.29, 1.82) is 0 Å². The predicted molar refractivity (Wildman–Crippen MR) is 111 cm³/mol. The van der Waals surface area contributed by atoms with E-state index in [1.807, 2.05) is 0 Å². The summed E-state index contributed by atoms with van der Waals surface area (Å²) in [5.74, 6) is 2.14. The molecule has 0 saturated heterocycles. The minimum atomic E-state index is 0.327. The van der Waals surface area contributed by atoms with Gasteiger partial charge in [0.1, 0.15) is 0 Å². The zero-order chi connectivity index (χ0) is 18.1. The molecule has 2 heteroatoms. The molecule has 1 saturated carbocycles. The Kier molecular flexibility index (Phi) is 6.23. The molecule has 0 aromatic heterocycles. The normalized spacial score (nSPS) is 25.3. The third-order valence-electron chi connectivity index (χ3n) is 5.51. The first-order chi connectivity index (χ1) is 11.1. The molecule has 0 bridgehead atoms. The number of rotatable bonds is 4. The van der Waals surface area contributed by atoms with Crippen LogP contribution in [0.5, 0.6) is 0 Å². The molecule has 24 heavy (non-hydrogen) atoms. The molecule has 1 aromatic rings. The fourth-order valence-electron chi connectivity index (χ4n) is 3.95. The second kappa shape index (κ2) is 7.64. The molecule has 1 fully saturated rings. The minimum Gasteiger partial charge on any atom is -0.260 e. The van der Waals surface area contributed by atoms with E-state index in [1.54, 1.807) is 0 Å². The minimum absolute atomic E-state index is 0.327. The summed E-state index contributed by atoms with van der Waals surface area (Å²) < 4.78 is 0. The molecule has 3 atom stereocenters. The summed E-state index contributed by atoms with van der Waals surface area (Å²) in [5, 5.41) is 0.419. The Balaban J connectivity index is 2.29. The monoisotopic (exact) mass is 345 g/mol. The highest BCUT2D eigenvalue weighted by Gasteiger charge is 2.39. The van der Waals surface area contributed by atoms with Crippen LogP contribution in [-0.4, -0.2) is 11.5 Å². The van der Waals surface area contributed by atoms with Crippen LogP contribution in [-0.2, 0) is 0 Å². The van der Waals surface area contributed by atoms with Crippen molar-refractivity contribution in [3.63, 3.8) is 0 Å². The number of hydrogen-bond acceptors (Lipinski definition) is 2. The SMILES string of the molecule is CC(C)c1cccc(C(C)C)c1N=CC1CCC(C(C)(C)C)C1S. The molecule has 2 rings (SSSR count). The third kappa shape index (κ3) is 4.25. The molecule has 0 amide bonds. The summed E-state index contributed by atoms with van der Waals surface area (Å²) in [6.07, 6.45) is 4.67. The highest BCUT2D eigenvalue weighted by atomic mass is 32.1. The standard InChI is InChI=1S/C22H35NS/c1-14(2)17-9-8-10-18(15(3)4)20(17)23-13-16-11-12-19(21(16)24)22(5,6)7/h8-10,13-16,19,21,24H,11-12H2,1-7H3. The van der Waals surface area contributed by atoms with Crippen molar-refractivity contribution in [2.45, 2.75) is 78.4 Å². The molecule has 134 valence electrons. The van der Waals surface area contributed by atoms with Crippen molar-refractivity contribution in [3.8, 4) is 0 Å². The van der Waals surface area contributed by atoms with Gasteiger partial charge in [-0.15, -0.1) is 0 Å². The van der Waals surface area contributed by atoms with Crippen LogP contribution in [0, 0.1) is 17.3 Å². The Bertz CT molecular complexity index is 554. The maximum atomic E-state index is 5.02. The molecule has 0 aliphatic heterocycles. The van der Waals surface area contributed by atoms with E-state index in [-0.39, 0.29) is 0 Å². The van der Waals surface area contributed by atoms with Crippen LogP contribution in [0.4, 0.5) is 5.69 Å². The highest BCUT2D eigenvalue weighted by Crippen LogP contribution is 2.45. The van der Waals surface area contributed by atoms with Crippen LogP contribution in [0.3, 0.4) is 0 Å². The van der Waals surface area contributed by atoms with Crippen LogP contribution in [0.2, 0.25) is 0 Å². The van der Waals surface area contributed by atoms with E-state index in [1.165, 1.54) is 29.7 Å². The van der Waals surface area contributed by atoms with E-state index in [2.05, 4.69) is 72.9 Å². The fraction of sp³-hybridized carbons (Fsp3) is 0.682. The van der Waals surface area contributed by atoms with Crippen molar-refractivity contribution in [3.05, 3.63) is 29.3 Å². The van der Waals surface area contributed by atoms with Crippen molar-refractivity contribution in [2.24, 2.45) is 22.2 Å². The van der Waals surface area contributed by atoms with Gasteiger partial charge in [0.15, 0.2) is 0 Å². The third-order valence-corrected chi connectivity index (χ3v) is 6.25. The van der Waals surface area contributed by atoms with Gasteiger partial charge in [-0.05, 0) is 47.1 Å². The van der Waals surface area contributed by atoms with Gasteiger partial charge in [-0.1, -0.05) is 66.7 Å². The van der Waals surface area contributed by atoms with E-state index >= 15 is 0 Å². The summed E-state index contributed by atoms with van der Waals surface area (Å²) in [5.41, 5.74) is 4.24. The summed E-state index contributed by atoms with van der Waals surface area (Å²) >= 11 is 4.96. The average molecular weight is 346 g/mol. The second-order valence-corrected chi connectivity index (χ2v) is 9.67. The molecular formula is C22H35NS. The van der Waals surface area contributed by atoms with Gasteiger partial charge in [-0.3, -0.25) is 4.99 Å². The molecule has 0 heterocycles. The number of hydrogen-bond donors (Lipinski definition) is 1. The molecule has 1 aliphatic carbocycles. The number of para-hydroxylation sites is 1. The maximum Gasteiger partial charge on any atom is 0.0694 e. The molecule has 3 unspecified atom stereocenters. The second-order valence-electron chi connectivity index (χ2n) is 9.08. The summed E-state index contributed by atoms with van der Waals surface area (Å²) in [7, 11) is 0. The average Bonchev–Trinajstić information content (AvgIpc) is 2.85. The number of aliphatic imine (C=N–C) groups is 1. The smallest absolute Gasteiger partial charge is 0.0694 e. The van der Waals surface area contributed by atoms with Gasteiger partial charge in [0.25, 0.3) is 0 Å². The Morgan fingerprint density at radius 3 is 2.00 bits per heavy atom. The van der Waals surface area contributed by atoms with Crippen LogP contribution in [0.1, 0.15) is 84.3 Å². The lowest BCUT2D eigenvalue weighted by Gasteiger charge is -2.31. The van der Waals surface area contributed by atoms with E-state index < -0.39 is 0 Å². The first kappa shape index (κ1) is 19.6. The maximum absolute atomic E-state index is 5.02. The van der Waals surface area contributed by atoms with Crippen molar-refractivity contribution >= 4 is 24.5 Å². The van der Waals surface area contributed by atoms with Gasteiger partial charge in [0, 0.05) is 17.4 Å². The zero-order valence-corrected chi connectivity index (χ0v) is 17.4. The van der Waals surface area contributed by atoms with Crippen molar-refractivity contribution in [2.75, 3.05) is 0 Å². The first-order valence-corrected chi connectivity index (χ1v) is 9.99. The molecule has 0 N–H and O–H groups in total. The van der Waals surface area contributed by atoms with E-state index in [4.69, 9.17) is 17.6 Å². The predicted octanol–water partition coefficient (Wildman–Crippen LogP) is 7.01. The van der Waals surface area contributed by atoms with Crippen molar-refractivity contribution in [1.82, 2.24) is 0 Å². The van der Waals surface area contributed by atoms with Gasteiger partial charge in [0.2, 0.25) is 0 Å². The number of thiol groups is 1. The Hall–Kier alpha value is -0.760. The van der Waals surface area contributed by atoms with E-state index in [9.17, 15) is 0 Å². The van der Waals surface area contributed by atoms with Gasteiger partial charge in [-0.2, -0.15) is 12.6 Å². The molecule has 1 aromatic carbocycles. The molecule has 1 nitrogen and oxygen atoms in total. The van der Waals surface area contributed by atoms with Gasteiger partial charge in [-0.25, -0.2) is 0 Å². The van der Waals surface area contributed by atoms with E-state index in [0.29, 0.717) is 34.3 Å². The lowest BCUT2D eigenvalue weighted by atomic mass is 9.79. The van der Waals surface area contributed by atoms with Crippen LogP contribution in [0.25, 0.3) is 0 Å². The lowest BCUT2D eigenvalue weighted by Crippen LogP contribution is -2.27. The van der Waals surface area contributed by atoms with Gasteiger partial charge in [0.05, 0.1) is 5.69 Å². The Labute approximate surface area is 154 Å². The molecule has 0 radical (unpaired) electrons. The summed E-state index contributed by atoms with van der Waals surface area (Å²) in [6, 6.07) is 6.64. The van der Waals surface area contributed by atoms with Crippen LogP contribution in [0.15, 0.2) is 23.2 Å². The summed E-state index contributed by atoms with van der Waals surface area (Å²) in [4.78, 5) is 5.02. The van der Waals surface area contributed by atoms with Crippen LogP contribution >= 0.6 is 12.6 Å². The molecule has 1 aliphatic rings. The molecule has 0 spiro atoms. The fourth-order valence-corrected chi connectivity index (χ4v) is 4.77. The largest absolute Gasteiger partial charge is 0.260 e. The Morgan fingerprint density at radius 1 is 1.04 bits per heavy atom. The van der Waals surface area contributed by atoms with E-state index in [0.717, 1.165) is 0 Å². The quantitative estimate of drug-likeness (QED) is 0.445. The van der Waals surface area contributed by atoms with Gasteiger partial charge < -0.3 is 0 Å². The summed E-state index contributed by atoms with van der Waals surface area (Å²) in [6.45, 7) is 16.0. The van der Waals surface area contributed by atoms with Crippen molar-refractivity contribution < 1.29 is 0 Å². The van der Waals surface area contributed by atoms with Crippen LogP contribution < -0.4 is 0 Å². The topological polar surface area (TPSA) is 12.4 Å². The first-order valence-electron chi connectivity index (χ1n) is 9.48. The van der Waals surface area contributed by atoms with Gasteiger partial charge >= 0.3 is 0 Å². The molecular weight excluding hydrogens is 310 g/mol. The number of nitrogens with zero attached hydrogens (tertiary/aromatic N) is 1. The highest BCUT2D eigenvalue weighted by molar-refractivity contribution is 7.81. The number of benzene rings is 1. The Morgan fingerprint density at radius 2 is 1.58 bits per heavy atom. The zero-order valence-electron chi connectivity index (χ0n) is 16.5. The lowest BCUT2D eigenvalue weighted by molar-refractivity contribution is 0.250.